The molecular weight excluding hydrogens is 328 g/mol. The van der Waals surface area contributed by atoms with Crippen LogP contribution < -0.4 is 0 Å². The Morgan fingerprint density at radius 1 is 1.00 bits per heavy atom. The quantitative estimate of drug-likeness (QED) is 0.424. The molecular formula is C25H24N2. The van der Waals surface area contributed by atoms with E-state index in [9.17, 15) is 0 Å². The molecule has 0 N–H and O–H groups in total. The van der Waals surface area contributed by atoms with Gasteiger partial charge in [0.25, 0.3) is 0 Å². The number of fused-ring (bicyclic) bond motifs is 4. The number of hydrogen-bond donors (Lipinski definition) is 0. The van der Waals surface area contributed by atoms with Crippen molar-refractivity contribution in [3.63, 3.8) is 0 Å². The number of pyridine rings is 2. The summed E-state index contributed by atoms with van der Waals surface area (Å²) in [6.45, 7) is 9.21. The molecule has 0 radical (unpaired) electrons. The first kappa shape index (κ1) is 16.4. The molecule has 1 aliphatic rings. The molecule has 2 aromatic carbocycles. The van der Waals surface area contributed by atoms with Gasteiger partial charge in [-0.15, -0.1) is 0 Å². The third kappa shape index (κ3) is 2.32. The van der Waals surface area contributed by atoms with Crippen LogP contribution in [0.4, 0.5) is 0 Å². The fraction of sp³-hybridized carbons (Fsp3) is 0.280. The highest BCUT2D eigenvalue weighted by Crippen LogP contribution is 2.49. The average molecular weight is 352 g/mol. The molecule has 0 fully saturated rings. The summed E-state index contributed by atoms with van der Waals surface area (Å²) in [7, 11) is 0. The maximum Gasteiger partial charge on any atom is 0.0756 e. The third-order valence-electron chi connectivity index (χ3n) is 5.92. The molecule has 2 heterocycles. The first-order chi connectivity index (χ1) is 13.0. The molecule has 2 heteroatoms. The summed E-state index contributed by atoms with van der Waals surface area (Å²) in [6.07, 6.45) is 5.04. The van der Waals surface area contributed by atoms with Crippen LogP contribution in [0.15, 0.2) is 54.9 Å². The summed E-state index contributed by atoms with van der Waals surface area (Å²) < 4.78 is 0. The van der Waals surface area contributed by atoms with E-state index in [0.717, 1.165) is 17.6 Å². The van der Waals surface area contributed by atoms with Gasteiger partial charge >= 0.3 is 0 Å². The minimum atomic E-state index is -0.117. The van der Waals surface area contributed by atoms with Crippen LogP contribution in [-0.4, -0.2) is 9.97 Å². The van der Waals surface area contributed by atoms with Crippen molar-refractivity contribution in [3.8, 4) is 11.3 Å². The molecule has 0 unspecified atom stereocenters. The largest absolute Gasteiger partial charge is 0.256 e. The normalized spacial score (nSPS) is 14.7. The zero-order valence-electron chi connectivity index (χ0n) is 16.4. The molecule has 134 valence electrons. The zero-order chi connectivity index (χ0) is 18.8. The van der Waals surface area contributed by atoms with Crippen molar-refractivity contribution < 1.29 is 0 Å². The van der Waals surface area contributed by atoms with E-state index in [1.54, 1.807) is 0 Å². The third-order valence-corrected chi connectivity index (χ3v) is 5.92. The second kappa shape index (κ2) is 5.63. The summed E-state index contributed by atoms with van der Waals surface area (Å²) >= 11 is 0. The van der Waals surface area contributed by atoms with Gasteiger partial charge in [0.15, 0.2) is 0 Å². The SMILES string of the molecule is CC(C)Cc1ccc2cnc3c(c2c1)C(C)(C)c1cccc2nccc-3c12. The predicted molar refractivity (Wildman–Crippen MR) is 113 cm³/mol. The monoisotopic (exact) mass is 352 g/mol. The van der Waals surface area contributed by atoms with Gasteiger partial charge in [-0.25, -0.2) is 0 Å². The molecule has 0 saturated heterocycles. The van der Waals surface area contributed by atoms with Crippen molar-refractivity contribution in [2.24, 2.45) is 5.92 Å². The lowest BCUT2D eigenvalue weighted by molar-refractivity contribution is 0.644. The van der Waals surface area contributed by atoms with E-state index in [0.29, 0.717) is 5.92 Å². The van der Waals surface area contributed by atoms with Gasteiger partial charge in [-0.1, -0.05) is 58.0 Å². The molecule has 0 spiro atoms. The Labute approximate surface area is 160 Å². The Bertz CT molecular complexity index is 1200. The molecule has 4 aromatic rings. The maximum atomic E-state index is 4.93. The minimum Gasteiger partial charge on any atom is -0.256 e. The van der Waals surface area contributed by atoms with Gasteiger partial charge in [0.1, 0.15) is 0 Å². The smallest absolute Gasteiger partial charge is 0.0756 e. The van der Waals surface area contributed by atoms with Crippen LogP contribution in [0.1, 0.15) is 44.4 Å². The molecule has 0 atom stereocenters. The summed E-state index contributed by atoms with van der Waals surface area (Å²) in [5.41, 5.74) is 7.35. The summed E-state index contributed by atoms with van der Waals surface area (Å²) in [5.74, 6) is 0.647. The standard InChI is InChI=1S/C25H24N2/c1-15(2)12-16-8-9-17-14-27-24-18-10-11-26-21-7-5-6-20(22(18)21)25(3,4)23(24)19(17)13-16/h5-11,13-15H,12H2,1-4H3. The molecule has 0 bridgehead atoms. The number of hydrogen-bond acceptors (Lipinski definition) is 2. The molecule has 5 rings (SSSR count). The fourth-order valence-electron chi connectivity index (χ4n) is 4.75. The highest BCUT2D eigenvalue weighted by Gasteiger charge is 2.35. The molecule has 0 saturated carbocycles. The lowest BCUT2D eigenvalue weighted by Crippen LogP contribution is -2.25. The van der Waals surface area contributed by atoms with E-state index in [1.807, 2.05) is 12.4 Å². The van der Waals surface area contributed by atoms with Gasteiger partial charge in [-0.2, -0.15) is 0 Å². The average Bonchev–Trinajstić information content (AvgIpc) is 2.64. The van der Waals surface area contributed by atoms with Crippen molar-refractivity contribution in [1.29, 1.82) is 0 Å². The minimum absolute atomic E-state index is 0.117. The molecule has 1 aliphatic carbocycles. The van der Waals surface area contributed by atoms with Crippen molar-refractivity contribution in [3.05, 3.63) is 71.5 Å². The Morgan fingerprint density at radius 2 is 1.85 bits per heavy atom. The first-order valence-electron chi connectivity index (χ1n) is 9.77. The molecule has 0 aliphatic heterocycles. The van der Waals surface area contributed by atoms with E-state index in [2.05, 4.69) is 75.1 Å². The first-order valence-corrected chi connectivity index (χ1v) is 9.77. The van der Waals surface area contributed by atoms with Crippen molar-refractivity contribution in [2.45, 2.75) is 39.5 Å². The van der Waals surface area contributed by atoms with Crippen molar-refractivity contribution in [2.75, 3.05) is 0 Å². The second-order valence-electron chi connectivity index (χ2n) is 8.68. The van der Waals surface area contributed by atoms with Gasteiger partial charge in [-0.05, 0) is 46.5 Å². The van der Waals surface area contributed by atoms with Gasteiger partial charge in [0, 0.05) is 34.1 Å². The molecule has 27 heavy (non-hydrogen) atoms. The van der Waals surface area contributed by atoms with Crippen molar-refractivity contribution >= 4 is 21.7 Å². The van der Waals surface area contributed by atoms with Gasteiger partial charge in [0.05, 0.1) is 11.2 Å². The fourth-order valence-corrected chi connectivity index (χ4v) is 4.75. The van der Waals surface area contributed by atoms with Crippen molar-refractivity contribution in [1.82, 2.24) is 9.97 Å². The Morgan fingerprint density at radius 3 is 2.67 bits per heavy atom. The van der Waals surface area contributed by atoms with Gasteiger partial charge in [-0.3, -0.25) is 9.97 Å². The number of nitrogens with zero attached hydrogens (tertiary/aromatic N) is 2. The Hall–Kier alpha value is -2.74. The Kier molecular flexibility index (Phi) is 3.42. The highest BCUT2D eigenvalue weighted by atomic mass is 14.7. The second-order valence-corrected chi connectivity index (χ2v) is 8.68. The maximum absolute atomic E-state index is 4.93. The molecule has 2 nitrogen and oxygen atoms in total. The lowest BCUT2D eigenvalue weighted by Gasteiger charge is -2.35. The van der Waals surface area contributed by atoms with E-state index in [4.69, 9.17) is 4.98 Å². The van der Waals surface area contributed by atoms with E-state index < -0.39 is 0 Å². The highest BCUT2D eigenvalue weighted by molar-refractivity contribution is 6.04. The number of aromatic nitrogens is 2. The van der Waals surface area contributed by atoms with E-state index in [-0.39, 0.29) is 5.41 Å². The molecule has 0 amide bonds. The van der Waals surface area contributed by atoms with E-state index >= 15 is 0 Å². The Balaban J connectivity index is 1.91. The van der Waals surface area contributed by atoms with Gasteiger partial charge < -0.3 is 0 Å². The lowest BCUT2D eigenvalue weighted by atomic mass is 9.69. The number of rotatable bonds is 2. The summed E-state index contributed by atoms with van der Waals surface area (Å²) in [5, 5.41) is 3.81. The topological polar surface area (TPSA) is 25.8 Å². The van der Waals surface area contributed by atoms with Crippen LogP contribution in [0.5, 0.6) is 0 Å². The van der Waals surface area contributed by atoms with Gasteiger partial charge in [0.2, 0.25) is 0 Å². The van der Waals surface area contributed by atoms with Crippen LogP contribution in [0.3, 0.4) is 0 Å². The molecule has 2 aromatic heterocycles. The summed E-state index contributed by atoms with van der Waals surface area (Å²) in [4.78, 5) is 9.53. The predicted octanol–water partition coefficient (Wildman–Crippen LogP) is 6.29. The summed E-state index contributed by atoms with van der Waals surface area (Å²) in [6, 6.07) is 15.5. The van der Waals surface area contributed by atoms with Crippen LogP contribution in [0.2, 0.25) is 0 Å². The van der Waals surface area contributed by atoms with E-state index in [1.165, 1.54) is 38.4 Å². The van der Waals surface area contributed by atoms with Crippen LogP contribution in [0.25, 0.3) is 32.9 Å². The van der Waals surface area contributed by atoms with Crippen LogP contribution >= 0.6 is 0 Å². The number of benzene rings is 2. The van der Waals surface area contributed by atoms with Crippen LogP contribution in [0, 0.1) is 5.92 Å². The zero-order valence-corrected chi connectivity index (χ0v) is 16.4. The van der Waals surface area contributed by atoms with Crippen LogP contribution in [-0.2, 0) is 11.8 Å².